The van der Waals surface area contributed by atoms with Crippen molar-refractivity contribution >= 4 is 21.6 Å². The van der Waals surface area contributed by atoms with Crippen LogP contribution < -0.4 is 0 Å². The largest absolute Gasteiger partial charge is 0.383 e. The van der Waals surface area contributed by atoms with Gasteiger partial charge in [-0.3, -0.25) is 5.10 Å². The molecule has 0 bridgehead atoms. The van der Waals surface area contributed by atoms with Crippen LogP contribution in [0.2, 0.25) is 0 Å². The van der Waals surface area contributed by atoms with Gasteiger partial charge in [0, 0.05) is 19.7 Å². The van der Waals surface area contributed by atoms with E-state index < -0.39 is 10.0 Å². The zero-order valence-corrected chi connectivity index (χ0v) is 13.2. The van der Waals surface area contributed by atoms with Crippen LogP contribution in [0.4, 0.5) is 0 Å². The molecule has 0 aliphatic rings. The molecule has 110 valence electrons. The Kier molecular flexibility index (Phi) is 5.79. The van der Waals surface area contributed by atoms with Gasteiger partial charge in [0.15, 0.2) is 0 Å². The van der Waals surface area contributed by atoms with E-state index in [-0.39, 0.29) is 16.8 Å². The fourth-order valence-electron chi connectivity index (χ4n) is 1.86. The summed E-state index contributed by atoms with van der Waals surface area (Å²) < 4.78 is 31.7. The number of nitrogens with one attached hydrogen (secondary N) is 1. The third kappa shape index (κ3) is 3.47. The number of ether oxygens (including phenoxy) is 1. The molecule has 1 N–H and O–H groups in total. The van der Waals surface area contributed by atoms with Gasteiger partial charge < -0.3 is 4.74 Å². The smallest absolute Gasteiger partial charge is 0.247 e. The number of methoxy groups -OCH3 is 1. The van der Waals surface area contributed by atoms with Gasteiger partial charge >= 0.3 is 0 Å². The summed E-state index contributed by atoms with van der Waals surface area (Å²) in [6.07, 6.45) is 0. The Balaban J connectivity index is 3.22. The highest BCUT2D eigenvalue weighted by Gasteiger charge is 2.32. The summed E-state index contributed by atoms with van der Waals surface area (Å²) in [7, 11) is -2.09. The van der Waals surface area contributed by atoms with E-state index in [1.54, 1.807) is 14.0 Å². The predicted octanol–water partition coefficient (Wildman–Crippen LogP) is 1.50. The maximum Gasteiger partial charge on any atom is 0.247 e. The van der Waals surface area contributed by atoms with Crippen molar-refractivity contribution in [3.63, 3.8) is 0 Å². The Hall–Kier alpha value is -0.630. The monoisotopic (exact) mass is 309 g/mol. The van der Waals surface area contributed by atoms with Crippen LogP contribution >= 0.6 is 11.6 Å². The maximum absolute atomic E-state index is 12.7. The van der Waals surface area contributed by atoms with Gasteiger partial charge in [-0.1, -0.05) is 0 Å². The van der Waals surface area contributed by atoms with Crippen molar-refractivity contribution in [1.29, 1.82) is 0 Å². The van der Waals surface area contributed by atoms with Crippen LogP contribution in [0, 0.1) is 6.92 Å². The summed E-state index contributed by atoms with van der Waals surface area (Å²) in [4.78, 5) is 0.173. The molecule has 0 atom stereocenters. The highest BCUT2D eigenvalue weighted by Crippen LogP contribution is 2.24. The van der Waals surface area contributed by atoms with E-state index in [2.05, 4.69) is 10.2 Å². The lowest BCUT2D eigenvalue weighted by Gasteiger charge is -2.25. The Morgan fingerprint density at radius 1 is 1.47 bits per heavy atom. The summed E-state index contributed by atoms with van der Waals surface area (Å²) in [6, 6.07) is -0.169. The van der Waals surface area contributed by atoms with E-state index in [1.165, 1.54) is 4.31 Å². The second-order valence-electron chi connectivity index (χ2n) is 4.46. The third-order valence-corrected chi connectivity index (χ3v) is 5.28. The number of sulfonamides is 1. The number of nitrogens with zero attached hydrogens (tertiary/aromatic N) is 2. The first kappa shape index (κ1) is 16.4. The first-order chi connectivity index (χ1) is 8.86. The molecule has 0 aliphatic carbocycles. The second kappa shape index (κ2) is 6.69. The Bertz CT molecular complexity index is 513. The zero-order valence-electron chi connectivity index (χ0n) is 11.6. The molecule has 0 fully saturated rings. The molecule has 1 aromatic heterocycles. The van der Waals surface area contributed by atoms with Crippen molar-refractivity contribution in [3.05, 3.63) is 11.4 Å². The molecule has 1 aromatic rings. The topological polar surface area (TPSA) is 75.3 Å². The van der Waals surface area contributed by atoms with Crippen LogP contribution in [0.1, 0.15) is 25.2 Å². The molecule has 8 heteroatoms. The Labute approximate surface area is 119 Å². The van der Waals surface area contributed by atoms with Crippen LogP contribution in [-0.2, 0) is 20.6 Å². The molecule has 19 heavy (non-hydrogen) atoms. The zero-order chi connectivity index (χ0) is 14.6. The third-order valence-electron chi connectivity index (χ3n) is 2.75. The van der Waals surface area contributed by atoms with Gasteiger partial charge in [-0.15, -0.1) is 11.6 Å². The van der Waals surface area contributed by atoms with Gasteiger partial charge in [0.05, 0.1) is 23.9 Å². The first-order valence-electron chi connectivity index (χ1n) is 5.96. The van der Waals surface area contributed by atoms with E-state index in [9.17, 15) is 8.42 Å². The quantitative estimate of drug-likeness (QED) is 0.775. The Morgan fingerprint density at radius 3 is 2.58 bits per heavy atom. The van der Waals surface area contributed by atoms with Crippen molar-refractivity contribution in [2.24, 2.45) is 0 Å². The standard InChI is InChI=1S/C11H20ClN3O3S/c1-8(2)15(5-6-18-4)19(16,17)11-9(3)13-14-10(11)7-12/h8H,5-7H2,1-4H3,(H,13,14). The molecular weight excluding hydrogens is 290 g/mol. The van der Waals surface area contributed by atoms with E-state index >= 15 is 0 Å². The lowest BCUT2D eigenvalue weighted by Crippen LogP contribution is -2.39. The summed E-state index contributed by atoms with van der Waals surface area (Å²) >= 11 is 5.75. The minimum atomic E-state index is -3.63. The molecule has 0 aliphatic heterocycles. The Morgan fingerprint density at radius 2 is 2.11 bits per heavy atom. The number of aryl methyl sites for hydroxylation is 1. The molecule has 0 amide bonds. The lowest BCUT2D eigenvalue weighted by molar-refractivity contribution is 0.171. The van der Waals surface area contributed by atoms with Crippen molar-refractivity contribution in [2.45, 2.75) is 37.6 Å². The molecule has 0 radical (unpaired) electrons. The predicted molar refractivity (Wildman–Crippen MR) is 73.8 cm³/mol. The molecule has 0 aromatic carbocycles. The summed E-state index contributed by atoms with van der Waals surface area (Å²) in [6.45, 7) is 5.95. The number of H-pyrrole nitrogens is 1. The van der Waals surface area contributed by atoms with E-state index in [0.717, 1.165) is 0 Å². The molecule has 0 saturated heterocycles. The second-order valence-corrected chi connectivity index (χ2v) is 6.56. The number of alkyl halides is 1. The maximum atomic E-state index is 12.7. The average molecular weight is 310 g/mol. The summed E-state index contributed by atoms with van der Waals surface area (Å²) in [5.74, 6) is 0.0507. The van der Waals surface area contributed by atoms with Crippen LogP contribution in [0.3, 0.4) is 0 Å². The molecule has 0 saturated carbocycles. The van der Waals surface area contributed by atoms with Gasteiger partial charge in [0.2, 0.25) is 10.0 Å². The van der Waals surface area contributed by atoms with Gasteiger partial charge in [0.1, 0.15) is 4.90 Å². The molecule has 0 unspecified atom stereocenters. The van der Waals surface area contributed by atoms with Crippen molar-refractivity contribution in [2.75, 3.05) is 20.3 Å². The summed E-state index contributed by atoms with van der Waals surface area (Å²) in [5, 5.41) is 6.60. The SMILES string of the molecule is COCCN(C(C)C)S(=O)(=O)c1c(CCl)n[nH]c1C. The average Bonchev–Trinajstić information content (AvgIpc) is 2.70. The van der Waals surface area contributed by atoms with Crippen LogP contribution in [0.5, 0.6) is 0 Å². The van der Waals surface area contributed by atoms with Gasteiger partial charge in [-0.25, -0.2) is 8.42 Å². The highest BCUT2D eigenvalue weighted by atomic mass is 35.5. The molecule has 1 rings (SSSR count). The highest BCUT2D eigenvalue weighted by molar-refractivity contribution is 7.89. The van der Waals surface area contributed by atoms with Crippen LogP contribution in [0.25, 0.3) is 0 Å². The molecule has 1 heterocycles. The molecule has 6 nitrogen and oxygen atoms in total. The number of aromatic amines is 1. The van der Waals surface area contributed by atoms with Gasteiger partial charge in [-0.2, -0.15) is 9.40 Å². The van der Waals surface area contributed by atoms with E-state index in [0.29, 0.717) is 24.5 Å². The fourth-order valence-corrected chi connectivity index (χ4v) is 4.08. The number of hydrogen-bond donors (Lipinski definition) is 1. The first-order valence-corrected chi connectivity index (χ1v) is 7.94. The minimum absolute atomic E-state index is 0.0507. The van der Waals surface area contributed by atoms with E-state index in [1.807, 2.05) is 13.8 Å². The van der Waals surface area contributed by atoms with E-state index in [4.69, 9.17) is 16.3 Å². The number of aromatic nitrogens is 2. The van der Waals surface area contributed by atoms with Crippen LogP contribution in [0.15, 0.2) is 4.90 Å². The molecule has 0 spiro atoms. The van der Waals surface area contributed by atoms with Crippen LogP contribution in [-0.4, -0.2) is 49.2 Å². The normalized spacial score (nSPS) is 12.6. The molecular formula is C11H20ClN3O3S. The number of rotatable bonds is 7. The fraction of sp³-hybridized carbons (Fsp3) is 0.727. The lowest BCUT2D eigenvalue weighted by atomic mass is 10.4. The van der Waals surface area contributed by atoms with Gasteiger partial charge in [-0.05, 0) is 20.8 Å². The van der Waals surface area contributed by atoms with Crippen molar-refractivity contribution < 1.29 is 13.2 Å². The number of hydrogen-bond acceptors (Lipinski definition) is 4. The van der Waals surface area contributed by atoms with Gasteiger partial charge in [0.25, 0.3) is 0 Å². The summed E-state index contributed by atoms with van der Waals surface area (Å²) in [5.41, 5.74) is 0.848. The number of halogens is 1. The van der Waals surface area contributed by atoms with Crippen molar-refractivity contribution in [3.8, 4) is 0 Å². The van der Waals surface area contributed by atoms with Crippen molar-refractivity contribution in [1.82, 2.24) is 14.5 Å². The minimum Gasteiger partial charge on any atom is -0.383 e.